The molecule has 2 aromatic carbocycles. The van der Waals surface area contributed by atoms with Gasteiger partial charge >= 0.3 is 0 Å². The first-order chi connectivity index (χ1) is 13.2. The van der Waals surface area contributed by atoms with Crippen LogP contribution in [0.25, 0.3) is 17.2 Å². The molecule has 0 N–H and O–H groups in total. The number of benzene rings is 2. The molecule has 3 aromatic rings. The Hall–Kier alpha value is -3.28. The van der Waals surface area contributed by atoms with Crippen LogP contribution < -0.4 is 9.64 Å². The third-order valence-electron chi connectivity index (χ3n) is 4.71. The number of aromatic nitrogens is 1. The summed E-state index contributed by atoms with van der Waals surface area (Å²) in [4.78, 5) is 20.9. The van der Waals surface area contributed by atoms with E-state index in [-0.39, 0.29) is 5.91 Å². The van der Waals surface area contributed by atoms with Crippen molar-refractivity contribution in [2.75, 3.05) is 38.2 Å². The quantitative estimate of drug-likeness (QED) is 0.666. The number of carbonyl (C=O) groups is 1. The van der Waals surface area contributed by atoms with E-state index in [1.165, 1.54) is 6.08 Å². The van der Waals surface area contributed by atoms with Crippen LogP contribution in [0.5, 0.6) is 5.75 Å². The molecule has 4 rings (SSSR count). The van der Waals surface area contributed by atoms with Gasteiger partial charge in [0.2, 0.25) is 11.8 Å². The molecule has 27 heavy (non-hydrogen) atoms. The Morgan fingerprint density at radius 1 is 1.07 bits per heavy atom. The summed E-state index contributed by atoms with van der Waals surface area (Å²) in [5.41, 5.74) is 2.65. The van der Waals surface area contributed by atoms with Crippen LogP contribution in [0.15, 0.2) is 59.0 Å². The maximum Gasteiger partial charge on any atom is 0.246 e. The standard InChI is InChI=1S/C21H21N3O3/c1-26-17-8-6-16(7-9-17)23-12-14-24(15-13-23)21(25)11-10-20-22-18-4-2-3-5-19(18)27-20/h2-11H,12-15H2,1H3. The van der Waals surface area contributed by atoms with Crippen LogP contribution >= 0.6 is 0 Å². The van der Waals surface area contributed by atoms with Crippen LogP contribution in [0, 0.1) is 0 Å². The first-order valence-electron chi connectivity index (χ1n) is 8.94. The average molecular weight is 363 g/mol. The predicted octanol–water partition coefficient (Wildman–Crippen LogP) is 3.20. The maximum atomic E-state index is 12.4. The lowest BCUT2D eigenvalue weighted by Crippen LogP contribution is -2.48. The summed E-state index contributed by atoms with van der Waals surface area (Å²) in [6.45, 7) is 2.97. The molecule has 1 aliphatic heterocycles. The van der Waals surface area contributed by atoms with Crippen molar-refractivity contribution in [3.63, 3.8) is 0 Å². The number of amides is 1. The van der Waals surface area contributed by atoms with E-state index >= 15 is 0 Å². The van der Waals surface area contributed by atoms with Gasteiger partial charge in [0.05, 0.1) is 7.11 Å². The van der Waals surface area contributed by atoms with Gasteiger partial charge in [0.1, 0.15) is 11.3 Å². The summed E-state index contributed by atoms with van der Waals surface area (Å²) in [6, 6.07) is 15.6. The van der Waals surface area contributed by atoms with Gasteiger partial charge in [0.15, 0.2) is 5.58 Å². The Morgan fingerprint density at radius 2 is 1.81 bits per heavy atom. The van der Waals surface area contributed by atoms with E-state index in [9.17, 15) is 4.79 Å². The van der Waals surface area contributed by atoms with Crippen molar-refractivity contribution in [1.29, 1.82) is 0 Å². The Kier molecular flexibility index (Phi) is 4.78. The fraction of sp³-hybridized carbons (Fsp3) is 0.238. The number of rotatable bonds is 4. The largest absolute Gasteiger partial charge is 0.497 e. The SMILES string of the molecule is COc1ccc(N2CCN(C(=O)C=Cc3nc4ccccc4o3)CC2)cc1. The number of hydrogen-bond donors (Lipinski definition) is 0. The van der Waals surface area contributed by atoms with Gasteiger partial charge in [0.25, 0.3) is 0 Å². The summed E-state index contributed by atoms with van der Waals surface area (Å²) in [5.74, 6) is 1.27. The maximum absolute atomic E-state index is 12.4. The molecule has 0 aliphatic carbocycles. The van der Waals surface area contributed by atoms with Crippen molar-refractivity contribution in [3.05, 3.63) is 60.5 Å². The van der Waals surface area contributed by atoms with E-state index in [2.05, 4.69) is 9.88 Å². The van der Waals surface area contributed by atoms with Crippen molar-refractivity contribution in [3.8, 4) is 5.75 Å². The van der Waals surface area contributed by atoms with Crippen molar-refractivity contribution in [2.45, 2.75) is 0 Å². The molecule has 0 bridgehead atoms. The number of para-hydroxylation sites is 2. The highest BCUT2D eigenvalue weighted by Crippen LogP contribution is 2.21. The number of hydrogen-bond acceptors (Lipinski definition) is 5. The Balaban J connectivity index is 1.35. The van der Waals surface area contributed by atoms with Gasteiger partial charge in [-0.15, -0.1) is 0 Å². The van der Waals surface area contributed by atoms with Gasteiger partial charge in [-0.05, 0) is 36.4 Å². The summed E-state index contributed by atoms with van der Waals surface area (Å²) in [7, 11) is 1.66. The van der Waals surface area contributed by atoms with Gasteiger partial charge in [0, 0.05) is 44.0 Å². The fourth-order valence-corrected chi connectivity index (χ4v) is 3.19. The normalized spacial score (nSPS) is 14.9. The Bertz CT molecular complexity index is 921. The highest BCUT2D eigenvalue weighted by molar-refractivity contribution is 5.91. The summed E-state index contributed by atoms with van der Waals surface area (Å²) in [6.07, 6.45) is 3.17. The molecular weight excluding hydrogens is 342 g/mol. The van der Waals surface area contributed by atoms with Crippen molar-refractivity contribution in [1.82, 2.24) is 9.88 Å². The molecule has 0 radical (unpaired) electrons. The van der Waals surface area contributed by atoms with Crippen molar-refractivity contribution in [2.24, 2.45) is 0 Å². The molecule has 0 atom stereocenters. The minimum atomic E-state index is -0.0216. The van der Waals surface area contributed by atoms with E-state index in [1.54, 1.807) is 13.2 Å². The van der Waals surface area contributed by atoms with Crippen LogP contribution in [0.3, 0.4) is 0 Å². The molecule has 6 heteroatoms. The zero-order valence-electron chi connectivity index (χ0n) is 15.2. The fourth-order valence-electron chi connectivity index (χ4n) is 3.19. The first-order valence-corrected chi connectivity index (χ1v) is 8.94. The number of anilines is 1. The van der Waals surface area contributed by atoms with Crippen LogP contribution in [0.4, 0.5) is 5.69 Å². The lowest BCUT2D eigenvalue weighted by atomic mass is 10.2. The van der Waals surface area contributed by atoms with Gasteiger partial charge in [-0.25, -0.2) is 4.98 Å². The highest BCUT2D eigenvalue weighted by atomic mass is 16.5. The number of methoxy groups -OCH3 is 1. The van der Waals surface area contributed by atoms with Crippen LogP contribution in [-0.2, 0) is 4.79 Å². The van der Waals surface area contributed by atoms with E-state index in [0.29, 0.717) is 19.0 Å². The number of oxazole rings is 1. The molecule has 1 aromatic heterocycles. The lowest BCUT2D eigenvalue weighted by Gasteiger charge is -2.35. The number of nitrogens with zero attached hydrogens (tertiary/aromatic N) is 3. The van der Waals surface area contributed by atoms with Crippen molar-refractivity contribution < 1.29 is 13.9 Å². The minimum absolute atomic E-state index is 0.0216. The number of fused-ring (bicyclic) bond motifs is 1. The smallest absolute Gasteiger partial charge is 0.246 e. The average Bonchev–Trinajstić information content (AvgIpc) is 3.15. The predicted molar refractivity (Wildman–Crippen MR) is 105 cm³/mol. The van der Waals surface area contributed by atoms with E-state index in [4.69, 9.17) is 9.15 Å². The van der Waals surface area contributed by atoms with Gasteiger partial charge in [-0.1, -0.05) is 12.1 Å². The third-order valence-corrected chi connectivity index (χ3v) is 4.71. The molecule has 1 aliphatic rings. The summed E-state index contributed by atoms with van der Waals surface area (Å²) >= 11 is 0. The van der Waals surface area contributed by atoms with E-state index < -0.39 is 0 Å². The third kappa shape index (κ3) is 3.79. The van der Waals surface area contributed by atoms with Crippen LogP contribution in [0.1, 0.15) is 5.89 Å². The van der Waals surface area contributed by atoms with Crippen LogP contribution in [0.2, 0.25) is 0 Å². The number of piperazine rings is 1. The molecule has 0 spiro atoms. The number of ether oxygens (including phenoxy) is 1. The summed E-state index contributed by atoms with van der Waals surface area (Å²) in [5, 5.41) is 0. The van der Waals surface area contributed by atoms with E-state index in [1.807, 2.05) is 53.4 Å². The zero-order chi connectivity index (χ0) is 18.6. The molecule has 1 fully saturated rings. The molecular formula is C21H21N3O3. The first kappa shape index (κ1) is 17.1. The topological polar surface area (TPSA) is 58.8 Å². The monoisotopic (exact) mass is 363 g/mol. The minimum Gasteiger partial charge on any atom is -0.497 e. The molecule has 0 saturated carbocycles. The number of carbonyl (C=O) groups excluding carboxylic acids is 1. The Labute approximate surface area is 157 Å². The molecule has 6 nitrogen and oxygen atoms in total. The van der Waals surface area contributed by atoms with Crippen LogP contribution in [-0.4, -0.2) is 49.1 Å². The zero-order valence-corrected chi connectivity index (χ0v) is 15.2. The second-order valence-electron chi connectivity index (χ2n) is 6.36. The highest BCUT2D eigenvalue weighted by Gasteiger charge is 2.20. The molecule has 2 heterocycles. The summed E-state index contributed by atoms with van der Waals surface area (Å²) < 4.78 is 10.8. The van der Waals surface area contributed by atoms with Crippen molar-refractivity contribution >= 4 is 28.8 Å². The van der Waals surface area contributed by atoms with E-state index in [0.717, 1.165) is 35.6 Å². The second kappa shape index (κ2) is 7.53. The van der Waals surface area contributed by atoms with Gasteiger partial charge in [-0.2, -0.15) is 0 Å². The van der Waals surface area contributed by atoms with Gasteiger partial charge in [-0.3, -0.25) is 4.79 Å². The lowest BCUT2D eigenvalue weighted by molar-refractivity contribution is -0.126. The molecule has 0 unspecified atom stereocenters. The second-order valence-corrected chi connectivity index (χ2v) is 6.36. The molecule has 1 amide bonds. The molecule has 1 saturated heterocycles. The molecule has 138 valence electrons. The Morgan fingerprint density at radius 3 is 2.52 bits per heavy atom. The van der Waals surface area contributed by atoms with Gasteiger partial charge < -0.3 is 19.0 Å².